The summed E-state index contributed by atoms with van der Waals surface area (Å²) in [6, 6.07) is 86.9. The molecule has 67 heavy (non-hydrogen) atoms. The lowest BCUT2D eigenvalue weighted by molar-refractivity contribution is 1.18. The lowest BCUT2D eigenvalue weighted by Crippen LogP contribution is -1.94. The maximum atomic E-state index is 10.1. The lowest BCUT2D eigenvalue weighted by atomic mass is 9.83. The van der Waals surface area contributed by atoms with E-state index in [1.54, 1.807) is 0 Å². The second kappa shape index (κ2) is 14.5. The fourth-order valence-electron chi connectivity index (χ4n) is 11.3. The molecule has 308 valence electrons. The summed E-state index contributed by atoms with van der Waals surface area (Å²) in [6.07, 6.45) is 0. The van der Waals surface area contributed by atoms with E-state index in [-0.39, 0.29) is 0 Å². The normalized spacial score (nSPS) is 11.9. The molecule has 0 unspecified atom stereocenters. The van der Waals surface area contributed by atoms with Gasteiger partial charge in [0, 0.05) is 16.5 Å². The minimum Gasteiger partial charge on any atom is -0.309 e. The molecule has 13 aromatic carbocycles. The Hall–Kier alpha value is -9.03. The van der Waals surface area contributed by atoms with Gasteiger partial charge in [-0.05, 0) is 164 Å². The predicted octanol–water partition coefficient (Wildman–Crippen LogP) is 17.7. The Labute approximate surface area is 386 Å². The Morgan fingerprint density at radius 2 is 0.761 bits per heavy atom. The number of benzene rings is 13. The van der Waals surface area contributed by atoms with E-state index in [0.717, 1.165) is 27.7 Å². The number of nitriles is 1. The van der Waals surface area contributed by atoms with Crippen LogP contribution in [0.25, 0.3) is 137 Å². The highest BCUT2D eigenvalue weighted by molar-refractivity contribution is 6.26. The Balaban J connectivity index is 1.01. The zero-order valence-corrected chi connectivity index (χ0v) is 36.3. The number of fused-ring (bicyclic) bond motifs is 5. The van der Waals surface area contributed by atoms with E-state index in [9.17, 15) is 5.26 Å². The predicted molar refractivity (Wildman–Crippen MR) is 283 cm³/mol. The van der Waals surface area contributed by atoms with E-state index in [1.807, 2.05) is 12.1 Å². The van der Waals surface area contributed by atoms with Gasteiger partial charge in [-0.3, -0.25) is 0 Å². The van der Waals surface area contributed by atoms with Crippen LogP contribution in [-0.2, 0) is 0 Å². The number of hydrogen-bond donors (Lipinski definition) is 0. The largest absolute Gasteiger partial charge is 0.309 e. The van der Waals surface area contributed by atoms with Crippen molar-refractivity contribution in [2.45, 2.75) is 0 Å². The highest BCUT2D eigenvalue weighted by atomic mass is 15.0. The first-order chi connectivity index (χ1) is 33.2. The summed E-state index contributed by atoms with van der Waals surface area (Å²) in [5, 5.41) is 27.0. The van der Waals surface area contributed by atoms with Crippen molar-refractivity contribution in [2.24, 2.45) is 0 Å². The summed E-state index contributed by atoms with van der Waals surface area (Å²) in [7, 11) is 0. The summed E-state index contributed by atoms with van der Waals surface area (Å²) >= 11 is 0. The third-order valence-corrected chi connectivity index (χ3v) is 14.3. The van der Waals surface area contributed by atoms with Crippen LogP contribution in [0.3, 0.4) is 0 Å². The average molecular weight is 847 g/mol. The van der Waals surface area contributed by atoms with Crippen LogP contribution in [0.2, 0.25) is 0 Å². The highest BCUT2D eigenvalue weighted by Crippen LogP contribution is 2.48. The summed E-state index contributed by atoms with van der Waals surface area (Å²) in [4.78, 5) is 0. The number of hydrogen-bond acceptors (Lipinski definition) is 1. The van der Waals surface area contributed by atoms with Crippen molar-refractivity contribution in [3.8, 4) is 56.3 Å². The molecule has 0 aliphatic carbocycles. The molecule has 0 aliphatic rings. The van der Waals surface area contributed by atoms with E-state index in [0.29, 0.717) is 5.56 Å². The van der Waals surface area contributed by atoms with Crippen LogP contribution in [0.15, 0.2) is 231 Å². The maximum absolute atomic E-state index is 10.1. The number of nitrogens with zero attached hydrogens (tertiary/aromatic N) is 2. The van der Waals surface area contributed by atoms with Gasteiger partial charge < -0.3 is 4.57 Å². The standard InChI is InChI=1S/C65H38N2/c66-39-40-32-46-26-27-49-36-50(38-61-65(49)64(46)60(33-40)67(61)51-16-2-1-3-17-51)53-31-30-52(54-18-8-9-19-55(53)54)45-28-29-58-59(37-45)63(48-25-23-42-13-5-7-15-44(42)35-48)57-21-11-10-20-56(57)62(58)47-24-22-41-12-4-6-14-43(41)34-47/h1-38H. The Kier molecular flexibility index (Phi) is 8.08. The molecule has 0 aliphatic heterocycles. The van der Waals surface area contributed by atoms with Gasteiger partial charge in [-0.15, -0.1) is 0 Å². The molecule has 2 heteroatoms. The van der Waals surface area contributed by atoms with E-state index >= 15 is 0 Å². The van der Waals surface area contributed by atoms with Crippen LogP contribution in [0.4, 0.5) is 0 Å². The third-order valence-electron chi connectivity index (χ3n) is 14.3. The van der Waals surface area contributed by atoms with Crippen LogP contribution in [0.5, 0.6) is 0 Å². The Morgan fingerprint density at radius 1 is 0.299 bits per heavy atom. The number of rotatable bonds is 5. The van der Waals surface area contributed by atoms with Crippen LogP contribution >= 0.6 is 0 Å². The van der Waals surface area contributed by atoms with Gasteiger partial charge in [0.15, 0.2) is 0 Å². The van der Waals surface area contributed by atoms with Crippen LogP contribution < -0.4 is 0 Å². The smallest absolute Gasteiger partial charge is 0.0992 e. The van der Waals surface area contributed by atoms with Crippen molar-refractivity contribution >= 4 is 86.4 Å². The molecule has 0 spiro atoms. The van der Waals surface area contributed by atoms with Gasteiger partial charge in [-0.25, -0.2) is 0 Å². The van der Waals surface area contributed by atoms with Gasteiger partial charge in [-0.1, -0.05) is 176 Å². The molecule has 0 amide bonds. The first kappa shape index (κ1) is 37.4. The molecule has 0 saturated carbocycles. The van der Waals surface area contributed by atoms with Crippen molar-refractivity contribution in [3.63, 3.8) is 0 Å². The van der Waals surface area contributed by atoms with E-state index in [2.05, 4.69) is 229 Å². The zero-order chi connectivity index (χ0) is 44.2. The summed E-state index contributed by atoms with van der Waals surface area (Å²) in [5.74, 6) is 0. The molecule has 1 aromatic heterocycles. The van der Waals surface area contributed by atoms with Gasteiger partial charge in [-0.2, -0.15) is 5.26 Å². The first-order valence-electron chi connectivity index (χ1n) is 23.0. The Morgan fingerprint density at radius 3 is 1.39 bits per heavy atom. The minimum atomic E-state index is 0.661. The van der Waals surface area contributed by atoms with Crippen molar-refractivity contribution in [1.29, 1.82) is 5.26 Å². The molecule has 0 bridgehead atoms. The maximum Gasteiger partial charge on any atom is 0.0992 e. The molecule has 1 heterocycles. The molecule has 0 fully saturated rings. The van der Waals surface area contributed by atoms with Crippen LogP contribution in [-0.4, -0.2) is 4.57 Å². The molecule has 0 saturated heterocycles. The molecule has 14 aromatic rings. The summed E-state index contributed by atoms with van der Waals surface area (Å²) in [6.45, 7) is 0. The summed E-state index contributed by atoms with van der Waals surface area (Å²) in [5.41, 5.74) is 13.5. The molecule has 0 atom stereocenters. The van der Waals surface area contributed by atoms with Gasteiger partial charge in [0.05, 0.1) is 22.7 Å². The van der Waals surface area contributed by atoms with Crippen LogP contribution in [0, 0.1) is 11.3 Å². The molecule has 2 nitrogen and oxygen atoms in total. The third kappa shape index (κ3) is 5.69. The molecule has 0 radical (unpaired) electrons. The number of para-hydroxylation sites is 1. The highest BCUT2D eigenvalue weighted by Gasteiger charge is 2.22. The Bertz CT molecular complexity index is 4390. The fourth-order valence-corrected chi connectivity index (χ4v) is 11.3. The van der Waals surface area contributed by atoms with Crippen molar-refractivity contribution in [3.05, 3.63) is 236 Å². The second-order valence-corrected chi connectivity index (χ2v) is 17.9. The topological polar surface area (TPSA) is 28.7 Å². The summed E-state index contributed by atoms with van der Waals surface area (Å²) < 4.78 is 2.34. The molecular weight excluding hydrogens is 809 g/mol. The first-order valence-corrected chi connectivity index (χ1v) is 23.0. The molecule has 0 N–H and O–H groups in total. The monoisotopic (exact) mass is 846 g/mol. The van der Waals surface area contributed by atoms with Gasteiger partial charge in [0.25, 0.3) is 0 Å². The lowest BCUT2D eigenvalue weighted by Gasteiger charge is -2.20. The van der Waals surface area contributed by atoms with Gasteiger partial charge >= 0.3 is 0 Å². The molecule has 14 rings (SSSR count). The van der Waals surface area contributed by atoms with E-state index < -0.39 is 0 Å². The van der Waals surface area contributed by atoms with E-state index in [1.165, 1.54) is 109 Å². The van der Waals surface area contributed by atoms with Crippen molar-refractivity contribution in [1.82, 2.24) is 4.57 Å². The zero-order valence-electron chi connectivity index (χ0n) is 36.3. The number of aromatic nitrogens is 1. The quantitative estimate of drug-likeness (QED) is 0.125. The molecular formula is C65H38N2. The average Bonchev–Trinajstić information content (AvgIpc) is 3.73. The fraction of sp³-hybridized carbons (Fsp3) is 0. The van der Waals surface area contributed by atoms with Crippen LogP contribution in [0.1, 0.15) is 5.56 Å². The van der Waals surface area contributed by atoms with Crippen molar-refractivity contribution < 1.29 is 0 Å². The van der Waals surface area contributed by atoms with Gasteiger partial charge in [0.2, 0.25) is 0 Å². The van der Waals surface area contributed by atoms with Gasteiger partial charge in [0.1, 0.15) is 0 Å². The second-order valence-electron chi connectivity index (χ2n) is 17.9. The van der Waals surface area contributed by atoms with E-state index in [4.69, 9.17) is 0 Å². The van der Waals surface area contributed by atoms with Crippen molar-refractivity contribution in [2.75, 3.05) is 0 Å². The SMILES string of the molecule is N#Cc1cc2ccc3cc(-c4ccc(-c5ccc6c(-c7ccc8ccccc8c7)c7ccccc7c(-c7ccc8ccccc8c7)c6c5)c5ccccc45)cc4c3c2c(c1)n4-c1ccccc1. The minimum absolute atomic E-state index is 0.661.